The number of nitrogens with zero attached hydrogens (tertiary/aromatic N) is 1. The van der Waals surface area contributed by atoms with Crippen LogP contribution in [0, 0.1) is 6.92 Å². The molecule has 0 fully saturated rings. The van der Waals surface area contributed by atoms with E-state index in [1.54, 1.807) is 45.0 Å². The van der Waals surface area contributed by atoms with Crippen LogP contribution in [-0.4, -0.2) is 26.6 Å². The first-order valence-corrected chi connectivity index (χ1v) is 8.75. The van der Waals surface area contributed by atoms with Crippen molar-refractivity contribution in [1.82, 2.24) is 0 Å². The number of furan rings is 1. The van der Waals surface area contributed by atoms with E-state index in [9.17, 15) is 13.2 Å². The first-order valence-electron chi connectivity index (χ1n) is 7.10. The van der Waals surface area contributed by atoms with Gasteiger partial charge in [0, 0.05) is 12.1 Å². The molecule has 5 nitrogen and oxygen atoms in total. The Labute approximate surface area is 130 Å². The summed E-state index contributed by atoms with van der Waals surface area (Å²) in [6.07, 6.45) is 1.45. The minimum absolute atomic E-state index is 0.0183. The number of rotatable bonds is 5. The monoisotopic (exact) mass is 321 g/mol. The first-order chi connectivity index (χ1) is 10.4. The number of sulfone groups is 1. The molecular formula is C16H19NO4S. The third-order valence-corrected chi connectivity index (χ3v) is 5.26. The molecule has 0 unspecified atom stereocenters. The van der Waals surface area contributed by atoms with Crippen molar-refractivity contribution >= 4 is 21.4 Å². The summed E-state index contributed by atoms with van der Waals surface area (Å²) < 4.78 is 29.8. The topological polar surface area (TPSA) is 67.6 Å². The van der Waals surface area contributed by atoms with Crippen LogP contribution in [0.2, 0.25) is 0 Å². The number of hydrogen-bond donors (Lipinski definition) is 0. The molecule has 2 rings (SSSR count). The molecule has 118 valence electrons. The smallest absolute Gasteiger partial charge is 0.294 e. The van der Waals surface area contributed by atoms with Gasteiger partial charge in [0.15, 0.2) is 15.6 Å². The van der Waals surface area contributed by atoms with Gasteiger partial charge >= 0.3 is 0 Å². The lowest BCUT2D eigenvalue weighted by Gasteiger charge is -2.23. The highest BCUT2D eigenvalue weighted by Crippen LogP contribution is 2.28. The molecule has 0 aliphatic rings. The van der Waals surface area contributed by atoms with E-state index in [1.165, 1.54) is 17.2 Å². The van der Waals surface area contributed by atoms with Gasteiger partial charge in [-0.2, -0.15) is 0 Å². The predicted molar refractivity (Wildman–Crippen MR) is 85.0 cm³/mol. The number of hydrogen-bond acceptors (Lipinski definition) is 4. The highest BCUT2D eigenvalue weighted by Gasteiger charge is 2.26. The van der Waals surface area contributed by atoms with Crippen molar-refractivity contribution in [2.75, 3.05) is 17.2 Å². The molecule has 0 atom stereocenters. The molecule has 0 saturated carbocycles. The summed E-state index contributed by atoms with van der Waals surface area (Å²) in [6.45, 7) is 5.50. The van der Waals surface area contributed by atoms with E-state index in [0.29, 0.717) is 12.2 Å². The average Bonchev–Trinajstić information content (AvgIpc) is 2.94. The molecule has 1 aromatic heterocycles. The van der Waals surface area contributed by atoms with E-state index < -0.39 is 9.84 Å². The third-order valence-electron chi connectivity index (χ3n) is 3.49. The van der Waals surface area contributed by atoms with Crippen LogP contribution in [0.25, 0.3) is 0 Å². The summed E-state index contributed by atoms with van der Waals surface area (Å²) in [4.78, 5) is 14.3. The Morgan fingerprint density at radius 3 is 2.41 bits per heavy atom. The number of carbonyl (C=O) groups excluding carboxylic acids is 1. The number of para-hydroxylation sites is 1. The standard InChI is InChI=1S/C16H19NO4S/c1-4-17(16(18)15-12(3)10-11-21-15)13-8-6-7-9-14(13)22(19,20)5-2/h6-11H,4-5H2,1-3H3. The van der Waals surface area contributed by atoms with Gasteiger partial charge in [0.25, 0.3) is 5.91 Å². The maximum absolute atomic E-state index is 12.7. The summed E-state index contributed by atoms with van der Waals surface area (Å²) in [5, 5.41) is 0. The maximum Gasteiger partial charge on any atom is 0.294 e. The fourth-order valence-corrected chi connectivity index (χ4v) is 3.33. The largest absolute Gasteiger partial charge is 0.459 e. The lowest BCUT2D eigenvalue weighted by atomic mass is 10.2. The molecule has 0 aliphatic heterocycles. The number of anilines is 1. The fraction of sp³-hybridized carbons (Fsp3) is 0.312. The van der Waals surface area contributed by atoms with Gasteiger partial charge in [0.2, 0.25) is 0 Å². The summed E-state index contributed by atoms with van der Waals surface area (Å²) in [7, 11) is -3.42. The second-order valence-electron chi connectivity index (χ2n) is 4.85. The van der Waals surface area contributed by atoms with Gasteiger partial charge in [-0.1, -0.05) is 19.1 Å². The molecule has 1 aromatic carbocycles. The van der Waals surface area contributed by atoms with Gasteiger partial charge < -0.3 is 9.32 Å². The number of aryl methyl sites for hydroxylation is 1. The van der Waals surface area contributed by atoms with E-state index in [-0.39, 0.29) is 22.3 Å². The second kappa shape index (κ2) is 6.36. The minimum atomic E-state index is -3.42. The van der Waals surface area contributed by atoms with Crippen molar-refractivity contribution in [3.05, 3.63) is 47.9 Å². The Balaban J connectivity index is 2.54. The molecule has 0 spiro atoms. The zero-order valence-electron chi connectivity index (χ0n) is 12.9. The highest BCUT2D eigenvalue weighted by atomic mass is 32.2. The lowest BCUT2D eigenvalue weighted by Crippen LogP contribution is -2.32. The van der Waals surface area contributed by atoms with Gasteiger partial charge in [0.1, 0.15) is 0 Å². The molecular weight excluding hydrogens is 302 g/mol. The minimum Gasteiger partial charge on any atom is -0.459 e. The summed E-state index contributed by atoms with van der Waals surface area (Å²) >= 11 is 0. The van der Waals surface area contributed by atoms with Crippen molar-refractivity contribution < 1.29 is 17.6 Å². The SMILES string of the molecule is CCN(C(=O)c1occc1C)c1ccccc1S(=O)(=O)CC. The fourth-order valence-electron chi connectivity index (χ4n) is 2.24. The van der Waals surface area contributed by atoms with Crippen LogP contribution in [0.15, 0.2) is 45.9 Å². The van der Waals surface area contributed by atoms with Crippen LogP contribution in [-0.2, 0) is 9.84 Å². The Morgan fingerprint density at radius 1 is 1.18 bits per heavy atom. The second-order valence-corrected chi connectivity index (χ2v) is 7.10. The number of amides is 1. The van der Waals surface area contributed by atoms with Crippen LogP contribution in [0.1, 0.15) is 30.0 Å². The van der Waals surface area contributed by atoms with Gasteiger partial charge in [0.05, 0.1) is 22.6 Å². The molecule has 2 aromatic rings. The molecule has 0 bridgehead atoms. The van der Waals surface area contributed by atoms with Crippen LogP contribution in [0.4, 0.5) is 5.69 Å². The normalized spacial score (nSPS) is 11.4. The average molecular weight is 321 g/mol. The van der Waals surface area contributed by atoms with Crippen LogP contribution >= 0.6 is 0 Å². The maximum atomic E-state index is 12.7. The van der Waals surface area contributed by atoms with Crippen molar-refractivity contribution in [1.29, 1.82) is 0 Å². The molecule has 0 aliphatic carbocycles. The number of carbonyl (C=O) groups is 1. The highest BCUT2D eigenvalue weighted by molar-refractivity contribution is 7.91. The van der Waals surface area contributed by atoms with Gasteiger partial charge in [-0.25, -0.2) is 8.42 Å². The Morgan fingerprint density at radius 2 is 1.86 bits per heavy atom. The molecule has 1 amide bonds. The van der Waals surface area contributed by atoms with E-state index in [1.807, 2.05) is 0 Å². The summed E-state index contributed by atoms with van der Waals surface area (Å²) in [6, 6.07) is 8.24. The van der Waals surface area contributed by atoms with Gasteiger partial charge in [-0.05, 0) is 32.0 Å². The van der Waals surface area contributed by atoms with E-state index in [0.717, 1.165) is 5.56 Å². The van der Waals surface area contributed by atoms with Crippen molar-refractivity contribution in [2.45, 2.75) is 25.7 Å². The van der Waals surface area contributed by atoms with Crippen LogP contribution in [0.5, 0.6) is 0 Å². The molecule has 1 heterocycles. The van der Waals surface area contributed by atoms with E-state index in [2.05, 4.69) is 0 Å². The van der Waals surface area contributed by atoms with E-state index >= 15 is 0 Å². The van der Waals surface area contributed by atoms with Crippen molar-refractivity contribution in [3.8, 4) is 0 Å². The lowest BCUT2D eigenvalue weighted by molar-refractivity contribution is 0.0960. The van der Waals surface area contributed by atoms with Gasteiger partial charge in [-0.15, -0.1) is 0 Å². The number of benzene rings is 1. The molecule has 0 saturated heterocycles. The molecule has 6 heteroatoms. The first kappa shape index (κ1) is 16.3. The molecule has 0 N–H and O–H groups in total. The Hall–Kier alpha value is -2.08. The summed E-state index contributed by atoms with van der Waals surface area (Å²) in [5.41, 5.74) is 1.10. The zero-order chi connectivity index (χ0) is 16.3. The van der Waals surface area contributed by atoms with Crippen LogP contribution < -0.4 is 4.90 Å². The summed E-state index contributed by atoms with van der Waals surface area (Å²) in [5.74, 6) is -0.135. The quantitative estimate of drug-likeness (QED) is 0.849. The molecule has 0 radical (unpaired) electrons. The Bertz CT molecular complexity index is 777. The molecule has 22 heavy (non-hydrogen) atoms. The predicted octanol–water partition coefficient (Wildman–Crippen LogP) is 3.05. The van der Waals surface area contributed by atoms with E-state index in [4.69, 9.17) is 4.42 Å². The van der Waals surface area contributed by atoms with Gasteiger partial charge in [-0.3, -0.25) is 4.79 Å². The Kier molecular flexibility index (Phi) is 4.71. The third kappa shape index (κ3) is 2.92. The van der Waals surface area contributed by atoms with Crippen molar-refractivity contribution in [2.24, 2.45) is 0 Å². The zero-order valence-corrected chi connectivity index (χ0v) is 13.7. The van der Waals surface area contributed by atoms with Crippen molar-refractivity contribution in [3.63, 3.8) is 0 Å². The van der Waals surface area contributed by atoms with Crippen LogP contribution in [0.3, 0.4) is 0 Å².